The lowest BCUT2D eigenvalue weighted by Gasteiger charge is -1.98. The molecule has 1 aromatic carbocycles. The third-order valence-electron chi connectivity index (χ3n) is 2.43. The Balaban J connectivity index is 2.05. The van der Waals surface area contributed by atoms with Gasteiger partial charge in [0.25, 0.3) is 0 Å². The molecular weight excluding hydrogens is 216 g/mol. The zero-order valence-corrected chi connectivity index (χ0v) is 10.5. The minimum atomic E-state index is 0.852. The highest BCUT2D eigenvalue weighted by atomic mass is 32.1. The number of hydrogen-bond donors (Lipinski definition) is 1. The van der Waals surface area contributed by atoms with Crippen LogP contribution in [0.1, 0.15) is 21.8 Å². The predicted octanol–water partition coefficient (Wildman–Crippen LogP) is 2.76. The molecule has 0 radical (unpaired) electrons. The first-order chi connectivity index (χ1) is 7.78. The summed E-state index contributed by atoms with van der Waals surface area (Å²) in [6.07, 6.45) is 0.939. The largest absolute Gasteiger partial charge is 0.314 e. The van der Waals surface area contributed by atoms with Gasteiger partial charge in [-0.25, -0.2) is 4.98 Å². The van der Waals surface area contributed by atoms with E-state index < -0.39 is 0 Å². The first kappa shape index (κ1) is 11.3. The van der Waals surface area contributed by atoms with Crippen LogP contribution >= 0.6 is 11.3 Å². The monoisotopic (exact) mass is 232 g/mol. The lowest BCUT2D eigenvalue weighted by atomic mass is 10.1. The van der Waals surface area contributed by atoms with Gasteiger partial charge >= 0.3 is 0 Å². The Morgan fingerprint density at radius 3 is 2.69 bits per heavy atom. The molecule has 0 unspecified atom stereocenters. The predicted molar refractivity (Wildman–Crippen MR) is 68.9 cm³/mol. The van der Waals surface area contributed by atoms with Gasteiger partial charge in [0.2, 0.25) is 0 Å². The summed E-state index contributed by atoms with van der Waals surface area (Å²) in [6.45, 7) is 2.96. The zero-order valence-electron chi connectivity index (χ0n) is 9.66. The van der Waals surface area contributed by atoms with Gasteiger partial charge in [-0.1, -0.05) is 29.8 Å². The van der Waals surface area contributed by atoms with Gasteiger partial charge in [0.05, 0.1) is 10.7 Å². The third-order valence-corrected chi connectivity index (χ3v) is 3.33. The van der Waals surface area contributed by atoms with Gasteiger partial charge < -0.3 is 5.32 Å². The number of nitrogens with zero attached hydrogens (tertiary/aromatic N) is 1. The number of nitrogens with one attached hydrogen (secondary N) is 1. The van der Waals surface area contributed by atoms with E-state index in [1.165, 1.54) is 16.1 Å². The number of rotatable bonds is 4. The Kier molecular flexibility index (Phi) is 3.70. The Bertz CT molecular complexity index is 445. The Morgan fingerprint density at radius 1 is 1.25 bits per heavy atom. The molecule has 0 spiro atoms. The molecule has 0 saturated carbocycles. The van der Waals surface area contributed by atoms with Gasteiger partial charge in [0, 0.05) is 18.3 Å². The second-order valence-corrected chi connectivity index (χ2v) is 4.87. The van der Waals surface area contributed by atoms with Crippen molar-refractivity contribution in [3.63, 3.8) is 0 Å². The quantitative estimate of drug-likeness (QED) is 0.876. The molecule has 2 aromatic rings. The topological polar surface area (TPSA) is 24.9 Å². The lowest BCUT2D eigenvalue weighted by molar-refractivity contribution is 0.793. The molecule has 0 aliphatic heterocycles. The van der Waals surface area contributed by atoms with E-state index in [0.717, 1.165) is 18.7 Å². The number of hydrogen-bond acceptors (Lipinski definition) is 3. The van der Waals surface area contributed by atoms with Crippen molar-refractivity contribution in [2.24, 2.45) is 0 Å². The van der Waals surface area contributed by atoms with Crippen molar-refractivity contribution in [2.75, 3.05) is 7.05 Å². The van der Waals surface area contributed by atoms with Crippen molar-refractivity contribution in [3.05, 3.63) is 51.5 Å². The summed E-state index contributed by atoms with van der Waals surface area (Å²) in [5.74, 6) is 0. The molecule has 1 aromatic heterocycles. The van der Waals surface area contributed by atoms with E-state index in [9.17, 15) is 0 Å². The summed E-state index contributed by atoms with van der Waals surface area (Å²) in [5.41, 5.74) is 3.77. The van der Waals surface area contributed by atoms with Crippen LogP contribution in [0.3, 0.4) is 0 Å². The van der Waals surface area contributed by atoms with Crippen LogP contribution in [0.25, 0.3) is 0 Å². The summed E-state index contributed by atoms with van der Waals surface area (Å²) in [5, 5.41) is 6.43. The van der Waals surface area contributed by atoms with Gasteiger partial charge in [0.15, 0.2) is 0 Å². The van der Waals surface area contributed by atoms with Crippen LogP contribution in [0.2, 0.25) is 0 Å². The molecule has 84 valence electrons. The Hall–Kier alpha value is -1.19. The fourth-order valence-electron chi connectivity index (χ4n) is 1.57. The van der Waals surface area contributed by atoms with Crippen LogP contribution in [0.15, 0.2) is 29.6 Å². The summed E-state index contributed by atoms with van der Waals surface area (Å²) >= 11 is 1.74. The van der Waals surface area contributed by atoms with Gasteiger partial charge in [0.1, 0.15) is 0 Å². The van der Waals surface area contributed by atoms with E-state index in [1.54, 1.807) is 11.3 Å². The molecule has 0 fully saturated rings. The highest BCUT2D eigenvalue weighted by Crippen LogP contribution is 2.15. The third kappa shape index (κ3) is 2.90. The van der Waals surface area contributed by atoms with E-state index in [-0.39, 0.29) is 0 Å². The average molecular weight is 232 g/mol. The van der Waals surface area contributed by atoms with E-state index in [1.807, 2.05) is 7.05 Å². The fourth-order valence-corrected chi connectivity index (χ4v) is 2.40. The van der Waals surface area contributed by atoms with Crippen molar-refractivity contribution >= 4 is 11.3 Å². The molecule has 1 heterocycles. The van der Waals surface area contributed by atoms with E-state index in [2.05, 4.69) is 46.9 Å². The first-order valence-electron chi connectivity index (χ1n) is 5.41. The second kappa shape index (κ2) is 5.23. The number of benzene rings is 1. The molecule has 3 heteroatoms. The van der Waals surface area contributed by atoms with E-state index in [4.69, 9.17) is 0 Å². The van der Waals surface area contributed by atoms with E-state index in [0.29, 0.717) is 0 Å². The smallest absolute Gasteiger partial charge is 0.0972 e. The second-order valence-electron chi connectivity index (χ2n) is 3.93. The minimum Gasteiger partial charge on any atom is -0.314 e. The van der Waals surface area contributed by atoms with Crippen molar-refractivity contribution in [1.82, 2.24) is 10.3 Å². The summed E-state index contributed by atoms with van der Waals surface area (Å²) in [6, 6.07) is 8.65. The highest BCUT2D eigenvalue weighted by Gasteiger charge is 2.02. The molecule has 2 rings (SSSR count). The van der Waals surface area contributed by atoms with Gasteiger partial charge in [-0.15, -0.1) is 11.3 Å². The van der Waals surface area contributed by atoms with E-state index >= 15 is 0 Å². The number of aromatic nitrogens is 1. The highest BCUT2D eigenvalue weighted by molar-refractivity contribution is 7.09. The minimum absolute atomic E-state index is 0.852. The van der Waals surface area contributed by atoms with Crippen molar-refractivity contribution < 1.29 is 0 Å². The van der Waals surface area contributed by atoms with Gasteiger partial charge in [-0.05, 0) is 19.5 Å². The zero-order chi connectivity index (χ0) is 11.4. The summed E-state index contributed by atoms with van der Waals surface area (Å²) in [7, 11) is 1.94. The Morgan fingerprint density at radius 2 is 2.00 bits per heavy atom. The lowest BCUT2D eigenvalue weighted by Crippen LogP contribution is -2.05. The maximum Gasteiger partial charge on any atom is 0.0972 e. The molecule has 16 heavy (non-hydrogen) atoms. The first-order valence-corrected chi connectivity index (χ1v) is 6.29. The van der Waals surface area contributed by atoms with Crippen LogP contribution in [0.5, 0.6) is 0 Å². The van der Waals surface area contributed by atoms with Crippen molar-refractivity contribution in [3.8, 4) is 0 Å². The average Bonchev–Trinajstić information content (AvgIpc) is 2.70. The maximum atomic E-state index is 4.57. The standard InChI is InChI=1S/C13H16N2S/c1-10-3-5-11(6-4-10)7-13-15-12(8-14-2)9-16-13/h3-6,9,14H,7-8H2,1-2H3. The molecular formula is C13H16N2S. The summed E-state index contributed by atoms with van der Waals surface area (Å²) in [4.78, 5) is 4.57. The van der Waals surface area contributed by atoms with Gasteiger partial charge in [-0.2, -0.15) is 0 Å². The maximum absolute atomic E-state index is 4.57. The molecule has 0 amide bonds. The number of aryl methyl sites for hydroxylation is 1. The van der Waals surface area contributed by atoms with Crippen molar-refractivity contribution in [1.29, 1.82) is 0 Å². The van der Waals surface area contributed by atoms with Crippen LogP contribution in [0.4, 0.5) is 0 Å². The molecule has 0 aliphatic carbocycles. The molecule has 0 saturated heterocycles. The van der Waals surface area contributed by atoms with Crippen LogP contribution in [0, 0.1) is 6.92 Å². The molecule has 0 aliphatic rings. The van der Waals surface area contributed by atoms with Gasteiger partial charge in [-0.3, -0.25) is 0 Å². The fraction of sp³-hybridized carbons (Fsp3) is 0.308. The van der Waals surface area contributed by atoms with Crippen LogP contribution < -0.4 is 5.32 Å². The van der Waals surface area contributed by atoms with Crippen LogP contribution in [-0.4, -0.2) is 12.0 Å². The normalized spacial score (nSPS) is 10.6. The molecule has 2 nitrogen and oxygen atoms in total. The van der Waals surface area contributed by atoms with Crippen LogP contribution in [-0.2, 0) is 13.0 Å². The molecule has 1 N–H and O–H groups in total. The number of thiazole rings is 1. The van der Waals surface area contributed by atoms with Crippen molar-refractivity contribution in [2.45, 2.75) is 19.9 Å². The summed E-state index contributed by atoms with van der Waals surface area (Å²) < 4.78 is 0. The molecule has 0 atom stereocenters. The SMILES string of the molecule is CNCc1csc(Cc2ccc(C)cc2)n1. The Labute approximate surface area is 100 Å². The molecule has 0 bridgehead atoms.